The Bertz CT molecular complexity index is 1640. The van der Waals surface area contributed by atoms with Gasteiger partial charge in [0.2, 0.25) is 0 Å². The van der Waals surface area contributed by atoms with Crippen molar-refractivity contribution in [1.29, 1.82) is 0 Å². The van der Waals surface area contributed by atoms with Crippen LogP contribution in [0.15, 0.2) is 79.8 Å². The van der Waals surface area contributed by atoms with Crippen LogP contribution in [-0.2, 0) is 0 Å². The number of fused-ring (bicyclic) bond motifs is 2. The van der Waals surface area contributed by atoms with Crippen LogP contribution in [0.2, 0.25) is 0 Å². The van der Waals surface area contributed by atoms with Crippen molar-refractivity contribution in [3.63, 3.8) is 0 Å². The average molecular weight is 426 g/mol. The number of nitrogens with one attached hydrogen (secondary N) is 2. The van der Waals surface area contributed by atoms with Gasteiger partial charge in [0.15, 0.2) is 0 Å². The summed E-state index contributed by atoms with van der Waals surface area (Å²) in [6, 6.07) is 16.6. The van der Waals surface area contributed by atoms with Gasteiger partial charge >= 0.3 is 11.4 Å². The number of H-pyrrole nitrogens is 2. The molecule has 0 unspecified atom stereocenters. The molecule has 8 nitrogen and oxygen atoms in total. The molecule has 32 heavy (non-hydrogen) atoms. The van der Waals surface area contributed by atoms with Gasteiger partial charge in [-0.1, -0.05) is 23.3 Å². The van der Waals surface area contributed by atoms with Crippen LogP contribution in [0.4, 0.5) is 0 Å². The van der Waals surface area contributed by atoms with Crippen LogP contribution in [0.5, 0.6) is 0 Å². The molecule has 0 spiro atoms. The number of rotatable bonds is 2. The number of aromatic amines is 2. The third-order valence-corrected chi connectivity index (χ3v) is 5.47. The first-order valence-electron chi connectivity index (χ1n) is 9.96. The van der Waals surface area contributed by atoms with E-state index in [1.165, 1.54) is 24.3 Å². The van der Waals surface area contributed by atoms with E-state index in [1.807, 2.05) is 26.0 Å². The molecule has 3 aromatic carbocycles. The Kier molecular flexibility index (Phi) is 4.30. The molecule has 0 aliphatic rings. The molecule has 5 aromatic rings. The second kappa shape index (κ2) is 7.05. The highest BCUT2D eigenvalue weighted by Gasteiger charge is 2.12. The third kappa shape index (κ3) is 3.01. The van der Waals surface area contributed by atoms with E-state index in [4.69, 9.17) is 0 Å². The Labute approximate surface area is 180 Å². The number of benzene rings is 3. The molecule has 0 bridgehead atoms. The van der Waals surface area contributed by atoms with Gasteiger partial charge in [-0.2, -0.15) is 0 Å². The fourth-order valence-electron chi connectivity index (χ4n) is 3.88. The summed E-state index contributed by atoms with van der Waals surface area (Å²) < 4.78 is 2.06. The number of aryl methyl sites for hydroxylation is 2. The molecule has 0 saturated carbocycles. The van der Waals surface area contributed by atoms with E-state index in [0.29, 0.717) is 33.2 Å². The molecule has 2 N–H and O–H groups in total. The Morgan fingerprint density at radius 3 is 1.31 bits per heavy atom. The van der Waals surface area contributed by atoms with Gasteiger partial charge in [0.05, 0.1) is 33.2 Å². The van der Waals surface area contributed by atoms with Gasteiger partial charge in [0, 0.05) is 0 Å². The van der Waals surface area contributed by atoms with Gasteiger partial charge in [-0.05, 0) is 62.4 Å². The number of aromatic nitrogens is 4. The summed E-state index contributed by atoms with van der Waals surface area (Å²) in [6.45, 7) is 3.73. The fraction of sp³-hybridized carbons (Fsp3) is 0.0833. The van der Waals surface area contributed by atoms with Crippen molar-refractivity contribution < 1.29 is 0 Å². The third-order valence-electron chi connectivity index (χ3n) is 5.47. The molecular formula is C24H18N4O4. The lowest BCUT2D eigenvalue weighted by atomic mass is 10.1. The second-order valence-corrected chi connectivity index (χ2v) is 7.76. The fourth-order valence-corrected chi connectivity index (χ4v) is 3.88. The van der Waals surface area contributed by atoms with E-state index in [9.17, 15) is 19.2 Å². The number of hydrogen-bond acceptors (Lipinski definition) is 4. The van der Waals surface area contributed by atoms with Gasteiger partial charge in [-0.3, -0.25) is 9.59 Å². The molecule has 0 atom stereocenters. The maximum atomic E-state index is 13.0. The van der Waals surface area contributed by atoms with Crippen molar-refractivity contribution in [2.24, 2.45) is 0 Å². The van der Waals surface area contributed by atoms with Crippen molar-refractivity contribution in [3.8, 4) is 11.4 Å². The van der Waals surface area contributed by atoms with Crippen LogP contribution in [0.25, 0.3) is 33.2 Å². The summed E-state index contributed by atoms with van der Waals surface area (Å²) in [4.78, 5) is 56.5. The summed E-state index contributed by atoms with van der Waals surface area (Å²) in [6.07, 6.45) is 0. The van der Waals surface area contributed by atoms with Gasteiger partial charge in [-0.25, -0.2) is 18.7 Å². The maximum Gasteiger partial charge on any atom is 0.333 e. The summed E-state index contributed by atoms with van der Waals surface area (Å²) in [5.74, 6) is 0. The molecule has 0 amide bonds. The number of hydrogen-bond donors (Lipinski definition) is 2. The minimum Gasteiger partial charge on any atom is -0.306 e. The molecule has 0 fully saturated rings. The summed E-state index contributed by atoms with van der Waals surface area (Å²) >= 11 is 0. The zero-order valence-corrected chi connectivity index (χ0v) is 17.3. The van der Waals surface area contributed by atoms with Crippen molar-refractivity contribution in [3.05, 3.63) is 113 Å². The molecule has 0 radical (unpaired) electrons. The van der Waals surface area contributed by atoms with E-state index in [2.05, 4.69) is 9.97 Å². The predicted octanol–water partition coefficient (Wildman–Crippen LogP) is 2.29. The lowest BCUT2D eigenvalue weighted by molar-refractivity contribution is 0.885. The summed E-state index contributed by atoms with van der Waals surface area (Å²) in [7, 11) is 0. The zero-order valence-electron chi connectivity index (χ0n) is 17.3. The second-order valence-electron chi connectivity index (χ2n) is 7.76. The SMILES string of the molecule is Cc1ccc2[nH]c(=O)n(-c3ccc(-n4c(=O)[nH]c5ccc(C)cc5c4=O)cc3)c(=O)c2c1. The van der Waals surface area contributed by atoms with Crippen LogP contribution in [0.1, 0.15) is 11.1 Å². The Morgan fingerprint density at radius 1 is 0.562 bits per heavy atom. The van der Waals surface area contributed by atoms with Crippen LogP contribution in [0, 0.1) is 13.8 Å². The Balaban J connectivity index is 1.68. The molecule has 158 valence electrons. The highest BCUT2D eigenvalue weighted by molar-refractivity contribution is 5.79. The van der Waals surface area contributed by atoms with Crippen molar-refractivity contribution in [1.82, 2.24) is 19.1 Å². The van der Waals surface area contributed by atoms with E-state index in [0.717, 1.165) is 20.3 Å². The van der Waals surface area contributed by atoms with Crippen LogP contribution in [0.3, 0.4) is 0 Å². The zero-order chi connectivity index (χ0) is 22.6. The minimum absolute atomic E-state index is 0.324. The first kappa shape index (κ1) is 19.5. The van der Waals surface area contributed by atoms with Gasteiger partial charge in [0.1, 0.15) is 0 Å². The highest BCUT2D eigenvalue weighted by Crippen LogP contribution is 2.13. The van der Waals surface area contributed by atoms with E-state index >= 15 is 0 Å². The molecule has 5 rings (SSSR count). The Morgan fingerprint density at radius 2 is 0.938 bits per heavy atom. The molecule has 8 heteroatoms. The predicted molar refractivity (Wildman–Crippen MR) is 123 cm³/mol. The largest absolute Gasteiger partial charge is 0.333 e. The molecule has 0 aliphatic heterocycles. The standard InChI is InChI=1S/C24H18N4O4/c1-13-3-9-19-17(11-13)21(29)27(23(31)25-19)15-5-7-16(8-6-15)28-22(30)18-12-14(2)4-10-20(18)26-24(28)32/h3-12H,1-2H3,(H,25,31)(H,26,32). The smallest absolute Gasteiger partial charge is 0.306 e. The summed E-state index contributed by atoms with van der Waals surface area (Å²) in [5, 5.41) is 0.789. The van der Waals surface area contributed by atoms with Crippen LogP contribution < -0.4 is 22.5 Å². The lowest BCUT2D eigenvalue weighted by Gasteiger charge is -2.10. The Hall–Kier alpha value is -4.46. The van der Waals surface area contributed by atoms with E-state index in [-0.39, 0.29) is 0 Å². The van der Waals surface area contributed by atoms with E-state index < -0.39 is 22.5 Å². The van der Waals surface area contributed by atoms with Crippen molar-refractivity contribution in [2.45, 2.75) is 13.8 Å². The van der Waals surface area contributed by atoms with E-state index in [1.54, 1.807) is 24.3 Å². The van der Waals surface area contributed by atoms with Gasteiger partial charge in [0.25, 0.3) is 11.1 Å². The van der Waals surface area contributed by atoms with Crippen LogP contribution in [-0.4, -0.2) is 19.1 Å². The highest BCUT2D eigenvalue weighted by atomic mass is 16.2. The molecule has 2 aromatic heterocycles. The molecule has 0 aliphatic carbocycles. The number of nitrogens with zero attached hydrogens (tertiary/aromatic N) is 2. The van der Waals surface area contributed by atoms with Crippen molar-refractivity contribution in [2.75, 3.05) is 0 Å². The molecular weight excluding hydrogens is 408 g/mol. The minimum atomic E-state index is -0.574. The first-order chi connectivity index (χ1) is 15.3. The van der Waals surface area contributed by atoms with Crippen molar-refractivity contribution >= 4 is 21.8 Å². The summed E-state index contributed by atoms with van der Waals surface area (Å²) in [5.41, 5.74) is 1.32. The average Bonchev–Trinajstić information content (AvgIpc) is 2.76. The lowest BCUT2D eigenvalue weighted by Crippen LogP contribution is -2.34. The topological polar surface area (TPSA) is 110 Å². The first-order valence-corrected chi connectivity index (χ1v) is 9.96. The van der Waals surface area contributed by atoms with Crippen LogP contribution >= 0.6 is 0 Å². The monoisotopic (exact) mass is 426 g/mol. The quantitative estimate of drug-likeness (QED) is 0.451. The van der Waals surface area contributed by atoms with Gasteiger partial charge < -0.3 is 9.97 Å². The normalized spacial score (nSPS) is 11.3. The van der Waals surface area contributed by atoms with Gasteiger partial charge in [-0.15, -0.1) is 0 Å². The molecule has 2 heterocycles. The molecule has 0 saturated heterocycles. The maximum absolute atomic E-state index is 13.0.